The molecule has 1 rings (SSSR count). The molecule has 0 atom stereocenters. The summed E-state index contributed by atoms with van der Waals surface area (Å²) in [6.07, 6.45) is 0.354. The van der Waals surface area contributed by atoms with E-state index < -0.39 is 0 Å². The van der Waals surface area contributed by atoms with E-state index in [-0.39, 0.29) is 18.5 Å². The van der Waals surface area contributed by atoms with Crippen molar-refractivity contribution < 1.29 is 14.3 Å². The lowest BCUT2D eigenvalue weighted by Crippen LogP contribution is -2.27. The second-order valence-corrected chi connectivity index (χ2v) is 3.20. The summed E-state index contributed by atoms with van der Waals surface area (Å²) in [6, 6.07) is 8.90. The Kier molecular flexibility index (Phi) is 5.05. The molecule has 16 heavy (non-hydrogen) atoms. The van der Waals surface area contributed by atoms with Crippen molar-refractivity contribution in [1.82, 2.24) is 5.32 Å². The second-order valence-electron chi connectivity index (χ2n) is 3.20. The van der Waals surface area contributed by atoms with Gasteiger partial charge in [0.1, 0.15) is 6.61 Å². The summed E-state index contributed by atoms with van der Waals surface area (Å²) in [7, 11) is 0. The van der Waals surface area contributed by atoms with Gasteiger partial charge in [-0.05, 0) is 12.1 Å². The van der Waals surface area contributed by atoms with E-state index in [4.69, 9.17) is 4.74 Å². The Morgan fingerprint density at radius 2 is 1.94 bits per heavy atom. The van der Waals surface area contributed by atoms with Crippen LogP contribution < -0.4 is 5.32 Å². The van der Waals surface area contributed by atoms with Gasteiger partial charge in [0, 0.05) is 12.0 Å². The number of hydrogen-bond donors (Lipinski definition) is 1. The normalized spacial score (nSPS) is 9.56. The third-order valence-corrected chi connectivity index (χ3v) is 1.98. The van der Waals surface area contributed by atoms with Crippen LogP contribution in [0.25, 0.3) is 0 Å². The molecule has 0 aliphatic rings. The summed E-state index contributed by atoms with van der Waals surface area (Å²) in [5, 5.41) is 2.66. The number of benzene rings is 1. The highest BCUT2D eigenvalue weighted by molar-refractivity contribution is 5.94. The molecule has 0 fully saturated rings. The third kappa shape index (κ3) is 4.13. The van der Waals surface area contributed by atoms with Gasteiger partial charge in [-0.3, -0.25) is 9.59 Å². The van der Waals surface area contributed by atoms with E-state index in [9.17, 15) is 9.59 Å². The fraction of sp³-hybridized carbons (Fsp3) is 0.333. The van der Waals surface area contributed by atoms with Crippen molar-refractivity contribution >= 4 is 11.9 Å². The van der Waals surface area contributed by atoms with E-state index in [1.807, 2.05) is 6.07 Å². The van der Waals surface area contributed by atoms with Crippen molar-refractivity contribution in [3.63, 3.8) is 0 Å². The van der Waals surface area contributed by atoms with Gasteiger partial charge in [-0.15, -0.1) is 0 Å². The van der Waals surface area contributed by atoms with Crippen molar-refractivity contribution in [2.75, 3.05) is 13.2 Å². The van der Waals surface area contributed by atoms with Gasteiger partial charge in [-0.25, -0.2) is 0 Å². The highest BCUT2D eigenvalue weighted by Crippen LogP contribution is 1.97. The lowest BCUT2D eigenvalue weighted by atomic mass is 10.2. The van der Waals surface area contributed by atoms with Crippen molar-refractivity contribution in [2.45, 2.75) is 13.3 Å². The molecule has 86 valence electrons. The maximum Gasteiger partial charge on any atom is 0.305 e. The Morgan fingerprint density at radius 1 is 1.25 bits per heavy atom. The Hall–Kier alpha value is -1.84. The summed E-state index contributed by atoms with van der Waals surface area (Å²) in [5.41, 5.74) is 0.601. The predicted molar refractivity (Wildman–Crippen MR) is 60.0 cm³/mol. The van der Waals surface area contributed by atoms with Crippen LogP contribution in [0, 0.1) is 0 Å². The van der Waals surface area contributed by atoms with Crippen LogP contribution in [0.1, 0.15) is 23.7 Å². The van der Waals surface area contributed by atoms with E-state index in [2.05, 4.69) is 5.32 Å². The zero-order valence-corrected chi connectivity index (χ0v) is 9.23. The third-order valence-electron chi connectivity index (χ3n) is 1.98. The fourth-order valence-corrected chi connectivity index (χ4v) is 1.12. The maximum atomic E-state index is 11.5. The molecule has 0 aliphatic carbocycles. The Balaban J connectivity index is 2.24. The van der Waals surface area contributed by atoms with Gasteiger partial charge in [0.25, 0.3) is 5.91 Å². The first-order valence-electron chi connectivity index (χ1n) is 5.23. The van der Waals surface area contributed by atoms with E-state index in [0.717, 1.165) is 0 Å². The molecule has 0 saturated heterocycles. The van der Waals surface area contributed by atoms with Crippen LogP contribution in [-0.4, -0.2) is 25.0 Å². The van der Waals surface area contributed by atoms with Crippen molar-refractivity contribution in [1.29, 1.82) is 0 Å². The second kappa shape index (κ2) is 6.61. The summed E-state index contributed by atoms with van der Waals surface area (Å²) in [5.74, 6) is -0.415. The Bertz CT molecular complexity index is 349. The molecule has 1 amide bonds. The van der Waals surface area contributed by atoms with E-state index in [0.29, 0.717) is 18.5 Å². The standard InChI is InChI=1S/C12H15NO3/c1-2-11(14)16-9-8-13-12(15)10-6-4-3-5-7-10/h3-7H,2,8-9H2,1H3,(H,13,15). The highest BCUT2D eigenvalue weighted by atomic mass is 16.5. The molecule has 0 radical (unpaired) electrons. The first-order valence-corrected chi connectivity index (χ1v) is 5.23. The average molecular weight is 221 g/mol. The molecule has 0 unspecified atom stereocenters. The van der Waals surface area contributed by atoms with Gasteiger partial charge < -0.3 is 10.1 Å². The quantitative estimate of drug-likeness (QED) is 0.603. The van der Waals surface area contributed by atoms with Gasteiger partial charge in [0.2, 0.25) is 0 Å². The topological polar surface area (TPSA) is 55.4 Å². The predicted octanol–water partition coefficient (Wildman–Crippen LogP) is 1.37. The summed E-state index contributed by atoms with van der Waals surface area (Å²) < 4.78 is 4.82. The maximum absolute atomic E-state index is 11.5. The number of carbonyl (C=O) groups excluding carboxylic acids is 2. The summed E-state index contributed by atoms with van der Waals surface area (Å²) in [4.78, 5) is 22.3. The molecular formula is C12H15NO3. The Labute approximate surface area is 94.6 Å². The van der Waals surface area contributed by atoms with Gasteiger partial charge in [-0.1, -0.05) is 25.1 Å². The molecule has 4 heteroatoms. The monoisotopic (exact) mass is 221 g/mol. The number of rotatable bonds is 5. The Morgan fingerprint density at radius 3 is 2.56 bits per heavy atom. The zero-order valence-electron chi connectivity index (χ0n) is 9.23. The van der Waals surface area contributed by atoms with E-state index in [1.54, 1.807) is 31.2 Å². The zero-order chi connectivity index (χ0) is 11.8. The van der Waals surface area contributed by atoms with Crippen LogP contribution >= 0.6 is 0 Å². The fourth-order valence-electron chi connectivity index (χ4n) is 1.12. The minimum absolute atomic E-state index is 0.159. The molecule has 0 saturated carbocycles. The largest absolute Gasteiger partial charge is 0.464 e. The van der Waals surface area contributed by atoms with Crippen LogP contribution in [0.3, 0.4) is 0 Å². The van der Waals surface area contributed by atoms with Crippen molar-refractivity contribution in [3.05, 3.63) is 35.9 Å². The molecular weight excluding hydrogens is 206 g/mol. The molecule has 0 spiro atoms. The van der Waals surface area contributed by atoms with Crippen LogP contribution in [0.15, 0.2) is 30.3 Å². The molecule has 1 aromatic carbocycles. The number of hydrogen-bond acceptors (Lipinski definition) is 3. The molecule has 1 N–H and O–H groups in total. The molecule has 0 aliphatic heterocycles. The van der Waals surface area contributed by atoms with Gasteiger partial charge in [0.15, 0.2) is 0 Å². The highest BCUT2D eigenvalue weighted by Gasteiger charge is 2.03. The summed E-state index contributed by atoms with van der Waals surface area (Å²) in [6.45, 7) is 2.27. The molecule has 0 heterocycles. The van der Waals surface area contributed by atoms with E-state index in [1.165, 1.54) is 0 Å². The lowest BCUT2D eigenvalue weighted by Gasteiger charge is -2.05. The van der Waals surface area contributed by atoms with Gasteiger partial charge >= 0.3 is 5.97 Å². The lowest BCUT2D eigenvalue weighted by molar-refractivity contribution is -0.143. The first kappa shape index (κ1) is 12.2. The minimum atomic E-state index is -0.256. The number of nitrogens with one attached hydrogen (secondary N) is 1. The van der Waals surface area contributed by atoms with Crippen LogP contribution in [0.4, 0.5) is 0 Å². The number of carbonyl (C=O) groups is 2. The summed E-state index contributed by atoms with van der Waals surface area (Å²) >= 11 is 0. The minimum Gasteiger partial charge on any atom is -0.464 e. The number of esters is 1. The van der Waals surface area contributed by atoms with Gasteiger partial charge in [-0.2, -0.15) is 0 Å². The van der Waals surface area contributed by atoms with Crippen molar-refractivity contribution in [2.24, 2.45) is 0 Å². The SMILES string of the molecule is CCC(=O)OCCNC(=O)c1ccccc1. The van der Waals surface area contributed by atoms with Gasteiger partial charge in [0.05, 0.1) is 6.54 Å². The van der Waals surface area contributed by atoms with Crippen LogP contribution in [-0.2, 0) is 9.53 Å². The first-order chi connectivity index (χ1) is 7.74. The molecule has 0 aromatic heterocycles. The van der Waals surface area contributed by atoms with Crippen LogP contribution in [0.5, 0.6) is 0 Å². The smallest absolute Gasteiger partial charge is 0.305 e. The molecule has 0 bridgehead atoms. The number of amides is 1. The molecule has 1 aromatic rings. The average Bonchev–Trinajstić information content (AvgIpc) is 2.35. The number of ether oxygens (including phenoxy) is 1. The van der Waals surface area contributed by atoms with E-state index >= 15 is 0 Å². The molecule has 4 nitrogen and oxygen atoms in total. The van der Waals surface area contributed by atoms with Crippen molar-refractivity contribution in [3.8, 4) is 0 Å². The van der Waals surface area contributed by atoms with Crippen LogP contribution in [0.2, 0.25) is 0 Å².